The van der Waals surface area contributed by atoms with Crippen molar-refractivity contribution in [2.75, 3.05) is 5.32 Å². The van der Waals surface area contributed by atoms with Crippen LogP contribution in [0.4, 0.5) is 5.69 Å². The Morgan fingerprint density at radius 3 is 2.33 bits per heavy atom. The number of hydrogen-bond donors (Lipinski definition) is 1. The van der Waals surface area contributed by atoms with E-state index in [9.17, 15) is 13.2 Å². The molecule has 3 rings (SSSR count). The molecule has 1 amide bonds. The first-order valence-electron chi connectivity index (χ1n) is 8.34. The smallest absolute Gasteiger partial charge is 0.255 e. The summed E-state index contributed by atoms with van der Waals surface area (Å²) in [4.78, 5) is 16.9. The van der Waals surface area contributed by atoms with E-state index >= 15 is 0 Å². The minimum atomic E-state index is -3.38. The number of anilines is 1. The molecule has 8 heteroatoms. The van der Waals surface area contributed by atoms with Crippen LogP contribution in [-0.2, 0) is 9.84 Å². The number of nitrogens with one attached hydrogen (secondary N) is 1. The number of aryl methyl sites for hydroxylation is 1. The molecule has 0 spiro atoms. The van der Waals surface area contributed by atoms with Crippen LogP contribution in [0.3, 0.4) is 0 Å². The number of carbonyl (C=O) groups is 1. The lowest BCUT2D eigenvalue weighted by Gasteiger charge is -2.10. The molecule has 0 aliphatic carbocycles. The van der Waals surface area contributed by atoms with Crippen LogP contribution < -0.4 is 5.32 Å². The van der Waals surface area contributed by atoms with Crippen LogP contribution in [0.2, 0.25) is 0 Å². The zero-order valence-corrected chi connectivity index (χ0v) is 15.9. The van der Waals surface area contributed by atoms with Gasteiger partial charge in [-0.2, -0.15) is 4.98 Å². The number of rotatable bonds is 5. The lowest BCUT2D eigenvalue weighted by atomic mass is 10.1. The van der Waals surface area contributed by atoms with Crippen LogP contribution in [0.15, 0.2) is 57.9 Å². The van der Waals surface area contributed by atoms with E-state index in [2.05, 4.69) is 15.5 Å². The molecule has 0 saturated carbocycles. The minimum Gasteiger partial charge on any atom is -0.339 e. The molecule has 0 fully saturated rings. The van der Waals surface area contributed by atoms with Crippen molar-refractivity contribution in [3.05, 3.63) is 60.0 Å². The van der Waals surface area contributed by atoms with Gasteiger partial charge < -0.3 is 9.84 Å². The Labute approximate surface area is 157 Å². The third kappa shape index (κ3) is 3.90. The van der Waals surface area contributed by atoms with Gasteiger partial charge in [0.05, 0.1) is 15.8 Å². The Morgan fingerprint density at radius 2 is 1.74 bits per heavy atom. The molecular weight excluding hydrogens is 366 g/mol. The largest absolute Gasteiger partial charge is 0.339 e. The number of nitrogens with zero attached hydrogens (tertiary/aromatic N) is 2. The minimum absolute atomic E-state index is 0.191. The summed E-state index contributed by atoms with van der Waals surface area (Å²) in [7, 11) is -3.38. The van der Waals surface area contributed by atoms with Crippen LogP contribution >= 0.6 is 0 Å². The topological polar surface area (TPSA) is 102 Å². The Hall–Kier alpha value is -3.00. The first-order valence-corrected chi connectivity index (χ1v) is 9.88. The third-order valence-electron chi connectivity index (χ3n) is 4.01. The van der Waals surface area contributed by atoms with E-state index in [1.54, 1.807) is 39.0 Å². The number of aromatic nitrogens is 2. The molecule has 1 N–H and O–H groups in total. The Bertz CT molecular complexity index is 1070. The summed E-state index contributed by atoms with van der Waals surface area (Å²) in [6, 6.07) is 13.0. The van der Waals surface area contributed by atoms with E-state index in [-0.39, 0.29) is 10.8 Å². The van der Waals surface area contributed by atoms with Gasteiger partial charge in [0, 0.05) is 18.1 Å². The molecule has 0 aliphatic rings. The molecule has 0 unspecified atom stereocenters. The fraction of sp³-hybridized carbons (Fsp3) is 0.211. The molecule has 1 aromatic heterocycles. The summed E-state index contributed by atoms with van der Waals surface area (Å²) in [5, 5.41) is 6.16. The van der Waals surface area contributed by atoms with Crippen LogP contribution in [0.25, 0.3) is 11.4 Å². The van der Waals surface area contributed by atoms with Gasteiger partial charge in [-0.15, -0.1) is 0 Å². The van der Waals surface area contributed by atoms with Crippen molar-refractivity contribution in [2.45, 2.75) is 30.9 Å². The summed E-state index contributed by atoms with van der Waals surface area (Å²) < 4.78 is 29.4. The highest BCUT2D eigenvalue weighted by Gasteiger charge is 2.20. The maximum atomic E-state index is 12.6. The molecule has 7 nitrogen and oxygen atoms in total. The van der Waals surface area contributed by atoms with Gasteiger partial charge in [0.25, 0.3) is 5.91 Å². The fourth-order valence-corrected chi connectivity index (χ4v) is 3.52. The van der Waals surface area contributed by atoms with Gasteiger partial charge in [-0.3, -0.25) is 4.79 Å². The molecule has 27 heavy (non-hydrogen) atoms. The van der Waals surface area contributed by atoms with Crippen molar-refractivity contribution in [3.63, 3.8) is 0 Å². The van der Waals surface area contributed by atoms with Crippen LogP contribution in [0.5, 0.6) is 0 Å². The molecule has 1 heterocycles. The average molecular weight is 385 g/mol. The Morgan fingerprint density at radius 1 is 1.07 bits per heavy atom. The lowest BCUT2D eigenvalue weighted by Crippen LogP contribution is -2.15. The molecule has 0 atom stereocenters. The van der Waals surface area contributed by atoms with E-state index in [0.717, 1.165) is 0 Å². The lowest BCUT2D eigenvalue weighted by molar-refractivity contribution is 0.102. The van der Waals surface area contributed by atoms with Crippen molar-refractivity contribution >= 4 is 21.4 Å². The van der Waals surface area contributed by atoms with Gasteiger partial charge in [-0.05, 0) is 50.2 Å². The van der Waals surface area contributed by atoms with E-state index in [1.807, 2.05) is 6.07 Å². The molecule has 0 saturated heterocycles. The van der Waals surface area contributed by atoms with Gasteiger partial charge in [-0.25, -0.2) is 8.42 Å². The highest BCUT2D eigenvalue weighted by molar-refractivity contribution is 7.92. The molecular formula is C19H19N3O4S. The quantitative estimate of drug-likeness (QED) is 0.721. The number of sulfone groups is 1. The number of amides is 1. The van der Waals surface area contributed by atoms with Crippen LogP contribution in [0, 0.1) is 6.92 Å². The number of benzene rings is 2. The van der Waals surface area contributed by atoms with Gasteiger partial charge in [0.1, 0.15) is 0 Å². The summed E-state index contributed by atoms with van der Waals surface area (Å²) >= 11 is 0. The number of carbonyl (C=O) groups excluding carboxylic acids is 1. The zero-order valence-electron chi connectivity index (χ0n) is 15.1. The standard InChI is InChI=1S/C19H19N3O4S/c1-12(2)27(24,25)15-10-8-14(9-11-15)19(23)21-17-7-5-4-6-16(17)18-20-13(3)26-22-18/h4-12H,1-3H3,(H,21,23). The van der Waals surface area contributed by atoms with Crippen LogP contribution in [0.1, 0.15) is 30.1 Å². The first kappa shape index (κ1) is 18.8. The highest BCUT2D eigenvalue weighted by Crippen LogP contribution is 2.26. The van der Waals surface area contributed by atoms with E-state index in [0.29, 0.717) is 28.5 Å². The maximum absolute atomic E-state index is 12.6. The molecule has 2 aromatic carbocycles. The van der Waals surface area contributed by atoms with Crippen molar-refractivity contribution < 1.29 is 17.7 Å². The van der Waals surface area contributed by atoms with Gasteiger partial charge in [-0.1, -0.05) is 17.3 Å². The SMILES string of the molecule is Cc1nc(-c2ccccc2NC(=O)c2ccc(S(=O)(=O)C(C)C)cc2)no1. The normalized spacial score (nSPS) is 11.6. The predicted octanol–water partition coefficient (Wildman–Crippen LogP) is 3.48. The second kappa shape index (κ2) is 7.32. The third-order valence-corrected chi connectivity index (χ3v) is 6.18. The number of hydrogen-bond acceptors (Lipinski definition) is 6. The van der Waals surface area contributed by atoms with Crippen molar-refractivity contribution in [2.24, 2.45) is 0 Å². The first-order chi connectivity index (χ1) is 12.8. The van der Waals surface area contributed by atoms with Crippen molar-refractivity contribution in [1.82, 2.24) is 10.1 Å². The Balaban J connectivity index is 1.85. The Kier molecular flexibility index (Phi) is 5.09. The summed E-state index contributed by atoms with van der Waals surface area (Å²) in [5.41, 5.74) is 1.50. The van der Waals surface area contributed by atoms with Crippen molar-refractivity contribution in [3.8, 4) is 11.4 Å². The molecule has 140 valence electrons. The van der Waals surface area contributed by atoms with Crippen LogP contribution in [-0.4, -0.2) is 29.7 Å². The molecule has 0 aliphatic heterocycles. The second-order valence-corrected chi connectivity index (χ2v) is 8.76. The van der Waals surface area contributed by atoms with Gasteiger partial charge in [0.15, 0.2) is 9.84 Å². The highest BCUT2D eigenvalue weighted by atomic mass is 32.2. The van der Waals surface area contributed by atoms with Gasteiger partial charge in [0.2, 0.25) is 11.7 Å². The fourth-order valence-electron chi connectivity index (χ4n) is 2.46. The zero-order chi connectivity index (χ0) is 19.6. The monoisotopic (exact) mass is 385 g/mol. The molecule has 3 aromatic rings. The van der Waals surface area contributed by atoms with E-state index in [4.69, 9.17) is 4.52 Å². The van der Waals surface area contributed by atoms with Gasteiger partial charge >= 0.3 is 0 Å². The summed E-state index contributed by atoms with van der Waals surface area (Å²) in [6.45, 7) is 4.92. The average Bonchev–Trinajstić information content (AvgIpc) is 3.08. The number of para-hydroxylation sites is 1. The van der Waals surface area contributed by atoms with E-state index < -0.39 is 15.1 Å². The predicted molar refractivity (Wildman–Crippen MR) is 101 cm³/mol. The molecule has 0 radical (unpaired) electrons. The summed E-state index contributed by atoms with van der Waals surface area (Å²) in [6.07, 6.45) is 0. The summed E-state index contributed by atoms with van der Waals surface area (Å²) in [5.74, 6) is 0.436. The molecule has 0 bridgehead atoms. The second-order valence-electron chi connectivity index (χ2n) is 6.25. The van der Waals surface area contributed by atoms with Crippen molar-refractivity contribution in [1.29, 1.82) is 0 Å². The van der Waals surface area contributed by atoms with E-state index in [1.165, 1.54) is 24.3 Å². The maximum Gasteiger partial charge on any atom is 0.255 e.